The summed E-state index contributed by atoms with van der Waals surface area (Å²) in [7, 11) is 0. The zero-order valence-corrected chi connectivity index (χ0v) is 11.2. The minimum Gasteiger partial charge on any atom is -0.338 e. The molecule has 3 rings (SSSR count). The van der Waals surface area contributed by atoms with Crippen LogP contribution in [0.3, 0.4) is 0 Å². The van der Waals surface area contributed by atoms with Crippen LogP contribution >= 0.6 is 0 Å². The summed E-state index contributed by atoms with van der Waals surface area (Å²) < 4.78 is 5.38. The van der Waals surface area contributed by atoms with Crippen LogP contribution in [0.25, 0.3) is 0 Å². The van der Waals surface area contributed by atoms with Crippen molar-refractivity contribution < 1.29 is 4.52 Å². The maximum absolute atomic E-state index is 5.38. The van der Waals surface area contributed by atoms with Gasteiger partial charge in [-0.1, -0.05) is 41.4 Å². The Bertz CT molecular complexity index is 527. The molecule has 1 aromatic heterocycles. The van der Waals surface area contributed by atoms with Crippen molar-refractivity contribution in [3.63, 3.8) is 0 Å². The molecular formula is C15H19N3O. The standard InChI is InChI=1S/C15H19N3O/c1-11-5-7-12(8-6-11)10-14-17-15(19-18-14)13-4-2-3-9-16-13/h5-8,13,16H,2-4,9-10H2,1H3/t13-/m0/s1. The monoisotopic (exact) mass is 257 g/mol. The van der Waals surface area contributed by atoms with E-state index in [1.165, 1.54) is 24.0 Å². The molecule has 4 nitrogen and oxygen atoms in total. The van der Waals surface area contributed by atoms with Gasteiger partial charge in [-0.15, -0.1) is 0 Å². The van der Waals surface area contributed by atoms with Gasteiger partial charge < -0.3 is 9.84 Å². The fraction of sp³-hybridized carbons (Fsp3) is 0.467. The van der Waals surface area contributed by atoms with Gasteiger partial charge in [0, 0.05) is 6.42 Å². The molecule has 1 aliphatic rings. The van der Waals surface area contributed by atoms with Crippen molar-refractivity contribution in [3.05, 3.63) is 47.1 Å². The average Bonchev–Trinajstić information content (AvgIpc) is 2.91. The van der Waals surface area contributed by atoms with Crippen molar-refractivity contribution in [1.29, 1.82) is 0 Å². The second-order valence-electron chi connectivity index (χ2n) is 5.21. The van der Waals surface area contributed by atoms with E-state index in [2.05, 4.69) is 46.6 Å². The van der Waals surface area contributed by atoms with Crippen LogP contribution < -0.4 is 5.32 Å². The van der Waals surface area contributed by atoms with Gasteiger partial charge in [-0.05, 0) is 31.9 Å². The third kappa shape index (κ3) is 3.01. The number of aryl methyl sites for hydroxylation is 1. The molecule has 1 saturated heterocycles. The van der Waals surface area contributed by atoms with Crippen LogP contribution in [0.2, 0.25) is 0 Å². The minimum absolute atomic E-state index is 0.244. The quantitative estimate of drug-likeness (QED) is 0.918. The molecule has 0 spiro atoms. The number of benzene rings is 1. The third-order valence-corrected chi connectivity index (χ3v) is 3.58. The third-order valence-electron chi connectivity index (χ3n) is 3.58. The molecule has 2 heterocycles. The summed E-state index contributed by atoms with van der Waals surface area (Å²) in [4.78, 5) is 4.51. The van der Waals surface area contributed by atoms with Gasteiger partial charge in [0.1, 0.15) is 0 Å². The van der Waals surface area contributed by atoms with Crippen LogP contribution in [0.5, 0.6) is 0 Å². The molecule has 1 aliphatic heterocycles. The number of aromatic nitrogens is 2. The van der Waals surface area contributed by atoms with Crippen molar-refractivity contribution in [3.8, 4) is 0 Å². The fourth-order valence-corrected chi connectivity index (χ4v) is 2.43. The number of nitrogens with one attached hydrogen (secondary N) is 1. The molecule has 0 aliphatic carbocycles. The van der Waals surface area contributed by atoms with E-state index in [-0.39, 0.29) is 6.04 Å². The van der Waals surface area contributed by atoms with Crippen LogP contribution in [0.1, 0.15) is 48.1 Å². The first-order valence-electron chi connectivity index (χ1n) is 6.93. The van der Waals surface area contributed by atoms with Gasteiger partial charge in [0.05, 0.1) is 6.04 Å². The smallest absolute Gasteiger partial charge is 0.243 e. The van der Waals surface area contributed by atoms with Crippen LogP contribution in [0.4, 0.5) is 0 Å². The first-order valence-corrected chi connectivity index (χ1v) is 6.93. The molecule has 0 amide bonds. The van der Waals surface area contributed by atoms with E-state index in [1.807, 2.05) is 0 Å². The van der Waals surface area contributed by atoms with Crippen molar-refractivity contribution in [1.82, 2.24) is 15.5 Å². The molecular weight excluding hydrogens is 238 g/mol. The summed E-state index contributed by atoms with van der Waals surface area (Å²) >= 11 is 0. The Morgan fingerprint density at radius 2 is 2.11 bits per heavy atom. The first kappa shape index (κ1) is 12.4. The molecule has 0 saturated carbocycles. The van der Waals surface area contributed by atoms with Crippen molar-refractivity contribution >= 4 is 0 Å². The highest BCUT2D eigenvalue weighted by molar-refractivity contribution is 5.23. The van der Waals surface area contributed by atoms with Gasteiger partial charge in [0.2, 0.25) is 5.89 Å². The van der Waals surface area contributed by atoms with Gasteiger partial charge >= 0.3 is 0 Å². The van der Waals surface area contributed by atoms with Gasteiger partial charge in [0.25, 0.3) is 0 Å². The number of piperidine rings is 1. The van der Waals surface area contributed by atoms with Crippen molar-refractivity contribution in [2.45, 2.75) is 38.6 Å². The molecule has 1 N–H and O–H groups in total. The molecule has 19 heavy (non-hydrogen) atoms. The zero-order valence-electron chi connectivity index (χ0n) is 11.2. The molecule has 2 aromatic rings. The summed E-state index contributed by atoms with van der Waals surface area (Å²) in [6, 6.07) is 8.69. The maximum atomic E-state index is 5.38. The minimum atomic E-state index is 0.244. The Balaban J connectivity index is 1.68. The summed E-state index contributed by atoms with van der Waals surface area (Å²) in [6.07, 6.45) is 4.29. The SMILES string of the molecule is Cc1ccc(Cc2noc([C@@H]3CCCCN3)n2)cc1. The van der Waals surface area contributed by atoms with E-state index in [4.69, 9.17) is 4.52 Å². The number of hydrogen-bond acceptors (Lipinski definition) is 4. The molecule has 0 radical (unpaired) electrons. The highest BCUT2D eigenvalue weighted by atomic mass is 16.5. The lowest BCUT2D eigenvalue weighted by Crippen LogP contribution is -2.27. The fourth-order valence-electron chi connectivity index (χ4n) is 2.43. The van der Waals surface area contributed by atoms with Gasteiger partial charge in [-0.3, -0.25) is 0 Å². The Morgan fingerprint density at radius 1 is 1.26 bits per heavy atom. The van der Waals surface area contributed by atoms with E-state index < -0.39 is 0 Å². The highest BCUT2D eigenvalue weighted by Gasteiger charge is 2.20. The van der Waals surface area contributed by atoms with E-state index in [9.17, 15) is 0 Å². The largest absolute Gasteiger partial charge is 0.338 e. The predicted molar refractivity (Wildman–Crippen MR) is 72.9 cm³/mol. The zero-order chi connectivity index (χ0) is 13.1. The lowest BCUT2D eigenvalue weighted by molar-refractivity contribution is 0.296. The summed E-state index contributed by atoms with van der Waals surface area (Å²) in [6.45, 7) is 3.13. The van der Waals surface area contributed by atoms with Gasteiger partial charge in [0.15, 0.2) is 5.82 Å². The second-order valence-corrected chi connectivity index (χ2v) is 5.21. The molecule has 0 unspecified atom stereocenters. The average molecular weight is 257 g/mol. The predicted octanol–water partition coefficient (Wildman–Crippen LogP) is 2.78. The van der Waals surface area contributed by atoms with E-state index in [0.29, 0.717) is 0 Å². The molecule has 1 atom stereocenters. The number of nitrogens with zero attached hydrogens (tertiary/aromatic N) is 2. The van der Waals surface area contributed by atoms with Gasteiger partial charge in [-0.25, -0.2) is 0 Å². The van der Waals surface area contributed by atoms with Crippen LogP contribution in [0.15, 0.2) is 28.8 Å². The Hall–Kier alpha value is -1.68. The summed E-state index contributed by atoms with van der Waals surface area (Å²) in [5, 5.41) is 7.51. The van der Waals surface area contributed by atoms with Crippen molar-refractivity contribution in [2.24, 2.45) is 0 Å². The Kier molecular flexibility index (Phi) is 3.60. The number of hydrogen-bond donors (Lipinski definition) is 1. The topological polar surface area (TPSA) is 51.0 Å². The van der Waals surface area contributed by atoms with Crippen LogP contribution in [-0.2, 0) is 6.42 Å². The van der Waals surface area contributed by atoms with E-state index >= 15 is 0 Å². The summed E-state index contributed by atoms with van der Waals surface area (Å²) in [5.74, 6) is 1.51. The summed E-state index contributed by atoms with van der Waals surface area (Å²) in [5.41, 5.74) is 2.48. The molecule has 4 heteroatoms. The Labute approximate surface area is 113 Å². The first-order chi connectivity index (χ1) is 9.31. The van der Waals surface area contributed by atoms with Crippen LogP contribution in [0, 0.1) is 6.92 Å². The normalized spacial score (nSPS) is 19.5. The molecule has 100 valence electrons. The van der Waals surface area contributed by atoms with Crippen molar-refractivity contribution in [2.75, 3.05) is 6.54 Å². The molecule has 1 fully saturated rings. The molecule has 0 bridgehead atoms. The van der Waals surface area contributed by atoms with E-state index in [1.54, 1.807) is 0 Å². The lowest BCUT2D eigenvalue weighted by atomic mass is 10.1. The van der Waals surface area contributed by atoms with Gasteiger partial charge in [-0.2, -0.15) is 4.98 Å². The lowest BCUT2D eigenvalue weighted by Gasteiger charge is -2.19. The van der Waals surface area contributed by atoms with Crippen LogP contribution in [-0.4, -0.2) is 16.7 Å². The Morgan fingerprint density at radius 3 is 2.84 bits per heavy atom. The maximum Gasteiger partial charge on any atom is 0.243 e. The molecule has 1 aromatic carbocycles. The number of rotatable bonds is 3. The second kappa shape index (κ2) is 5.53. The van der Waals surface area contributed by atoms with E-state index in [0.717, 1.165) is 31.1 Å². The highest BCUT2D eigenvalue weighted by Crippen LogP contribution is 2.21.